The third-order valence-electron chi connectivity index (χ3n) is 10.2. The molecule has 0 aliphatic heterocycles. The zero-order valence-electron chi connectivity index (χ0n) is 38.0. The molecule has 3 N–H and O–H groups in total. The first-order valence-corrected chi connectivity index (χ1v) is 25.6. The Morgan fingerprint density at radius 1 is 0.508 bits per heavy atom. The van der Waals surface area contributed by atoms with Gasteiger partial charge in [0.25, 0.3) is 0 Å². The van der Waals surface area contributed by atoms with E-state index in [2.05, 4.69) is 62.5 Å². The van der Waals surface area contributed by atoms with Crippen molar-refractivity contribution in [1.82, 2.24) is 0 Å². The van der Waals surface area contributed by atoms with Gasteiger partial charge in [-0.15, -0.1) is 0 Å². The van der Waals surface area contributed by atoms with Crippen LogP contribution in [0.4, 0.5) is 0 Å². The maximum Gasteiger partial charge on any atom is 0.472 e. The molecule has 0 aliphatic rings. The van der Waals surface area contributed by atoms with Crippen molar-refractivity contribution in [2.24, 2.45) is 5.73 Å². The maximum absolute atomic E-state index is 12.6. The molecule has 0 aromatic heterocycles. The predicted octanol–water partition coefficient (Wildman–Crippen LogP) is 14.3. The van der Waals surface area contributed by atoms with E-state index in [9.17, 15) is 19.0 Å². The third-order valence-corrected chi connectivity index (χ3v) is 11.2. The molecule has 0 saturated heterocycles. The second-order valence-electron chi connectivity index (χ2n) is 16.0. The Labute approximate surface area is 362 Å². The van der Waals surface area contributed by atoms with Crippen molar-refractivity contribution in [1.29, 1.82) is 0 Å². The van der Waals surface area contributed by atoms with Crippen molar-refractivity contribution in [3.8, 4) is 0 Å². The highest BCUT2D eigenvalue weighted by molar-refractivity contribution is 7.47. The Kier molecular flexibility index (Phi) is 43.9. The molecule has 344 valence electrons. The smallest absolute Gasteiger partial charge is 0.462 e. The van der Waals surface area contributed by atoms with E-state index in [0.29, 0.717) is 12.8 Å². The van der Waals surface area contributed by atoms with Gasteiger partial charge in [-0.2, -0.15) is 0 Å². The lowest BCUT2D eigenvalue weighted by Crippen LogP contribution is -2.29. The molecule has 0 rings (SSSR count). The molecular formula is C49H90NO8P. The van der Waals surface area contributed by atoms with Crippen LogP contribution >= 0.6 is 7.82 Å². The van der Waals surface area contributed by atoms with Crippen LogP contribution in [-0.2, 0) is 32.7 Å². The molecule has 0 spiro atoms. The summed E-state index contributed by atoms with van der Waals surface area (Å²) in [7, 11) is -4.39. The lowest BCUT2D eigenvalue weighted by atomic mass is 10.0. The number of allylic oxidation sites excluding steroid dienone is 8. The van der Waals surface area contributed by atoms with Crippen LogP contribution in [0.25, 0.3) is 0 Å². The normalized spacial score (nSPS) is 13.6. The highest BCUT2D eigenvalue weighted by Crippen LogP contribution is 2.43. The molecule has 0 aromatic carbocycles. The molecule has 1 unspecified atom stereocenters. The summed E-state index contributed by atoms with van der Waals surface area (Å²) in [6.45, 7) is 3.67. The Morgan fingerprint density at radius 3 is 1.42 bits per heavy atom. The second kappa shape index (κ2) is 45.5. The fourth-order valence-corrected chi connectivity index (χ4v) is 7.35. The largest absolute Gasteiger partial charge is 0.472 e. The first-order valence-electron chi connectivity index (χ1n) is 24.1. The van der Waals surface area contributed by atoms with Gasteiger partial charge in [-0.05, 0) is 70.6 Å². The summed E-state index contributed by atoms with van der Waals surface area (Å²) in [5, 5.41) is 0. The van der Waals surface area contributed by atoms with Gasteiger partial charge in [0.05, 0.1) is 13.2 Å². The average molecular weight is 852 g/mol. The average Bonchev–Trinajstić information content (AvgIpc) is 3.22. The SMILES string of the molecule is CCCCCC/C=C/C=C/CCCCCCCC(=O)O[C@@H](COC(=O)CCC/C=C/CC/C=C/CCCCCCCCCCCCCCCC)COP(=O)(O)OCCN. The molecule has 0 heterocycles. The van der Waals surface area contributed by atoms with Crippen LogP contribution in [0.3, 0.4) is 0 Å². The van der Waals surface area contributed by atoms with E-state index in [1.165, 1.54) is 116 Å². The van der Waals surface area contributed by atoms with Crippen LogP contribution in [0.5, 0.6) is 0 Å². The topological polar surface area (TPSA) is 134 Å². The van der Waals surface area contributed by atoms with E-state index < -0.39 is 32.5 Å². The monoisotopic (exact) mass is 852 g/mol. The number of rotatable bonds is 45. The van der Waals surface area contributed by atoms with Crippen LogP contribution in [0, 0.1) is 0 Å². The van der Waals surface area contributed by atoms with Gasteiger partial charge in [0.1, 0.15) is 6.61 Å². The molecule has 0 fully saturated rings. The van der Waals surface area contributed by atoms with Crippen LogP contribution in [0.15, 0.2) is 48.6 Å². The van der Waals surface area contributed by atoms with Crippen LogP contribution < -0.4 is 5.73 Å². The van der Waals surface area contributed by atoms with E-state index in [1.54, 1.807) is 0 Å². The van der Waals surface area contributed by atoms with Crippen LogP contribution in [0.2, 0.25) is 0 Å². The van der Waals surface area contributed by atoms with Gasteiger partial charge in [-0.25, -0.2) is 4.57 Å². The number of ether oxygens (including phenoxy) is 2. The number of phosphoric ester groups is 1. The minimum atomic E-state index is -4.39. The molecule has 0 saturated carbocycles. The molecule has 10 heteroatoms. The summed E-state index contributed by atoms with van der Waals surface area (Å²) < 4.78 is 32.8. The fraction of sp³-hybridized carbons (Fsp3) is 0.796. The Hall–Kier alpha value is -2.03. The first kappa shape index (κ1) is 57.0. The maximum atomic E-state index is 12.6. The molecule has 0 aromatic rings. The number of phosphoric acid groups is 1. The summed E-state index contributed by atoms with van der Waals surface area (Å²) >= 11 is 0. The van der Waals surface area contributed by atoms with Crippen molar-refractivity contribution in [3.63, 3.8) is 0 Å². The van der Waals surface area contributed by atoms with Crippen molar-refractivity contribution in [3.05, 3.63) is 48.6 Å². The second-order valence-corrected chi connectivity index (χ2v) is 17.4. The van der Waals surface area contributed by atoms with Crippen LogP contribution in [-0.4, -0.2) is 49.3 Å². The van der Waals surface area contributed by atoms with Gasteiger partial charge in [0.2, 0.25) is 0 Å². The molecule has 0 bridgehead atoms. The summed E-state index contributed by atoms with van der Waals surface area (Å²) in [6.07, 6.45) is 53.0. The number of hydrogen-bond acceptors (Lipinski definition) is 8. The summed E-state index contributed by atoms with van der Waals surface area (Å²) in [4.78, 5) is 34.9. The van der Waals surface area contributed by atoms with Gasteiger partial charge in [0.15, 0.2) is 6.10 Å². The zero-order valence-corrected chi connectivity index (χ0v) is 38.9. The Morgan fingerprint density at radius 2 is 0.915 bits per heavy atom. The number of carbonyl (C=O) groups excluding carboxylic acids is 2. The van der Waals surface area contributed by atoms with Gasteiger partial charge < -0.3 is 20.1 Å². The number of unbranched alkanes of at least 4 members (excludes halogenated alkanes) is 25. The van der Waals surface area contributed by atoms with E-state index >= 15 is 0 Å². The van der Waals surface area contributed by atoms with Gasteiger partial charge in [-0.3, -0.25) is 18.6 Å². The van der Waals surface area contributed by atoms with E-state index in [0.717, 1.165) is 64.2 Å². The summed E-state index contributed by atoms with van der Waals surface area (Å²) in [5.74, 6) is -0.893. The van der Waals surface area contributed by atoms with Crippen molar-refractivity contribution < 1.29 is 37.6 Å². The van der Waals surface area contributed by atoms with Crippen molar-refractivity contribution in [2.45, 2.75) is 225 Å². The standard InChI is InChI=1S/C49H90NO8P/c1-3-5-7-9-11-13-15-17-19-20-21-22-23-24-25-26-28-29-31-33-35-37-39-41-48(51)55-45-47(46-57-59(53,54)56-44-43-50)58-49(52)42-40-38-36-34-32-30-27-18-16-14-12-10-8-6-4-2/h14,16,18,26-28,33,35,47H,3-13,15,17,19-25,29-32,34,36-46,50H2,1-2H3,(H,53,54)/b16-14+,27-18+,28-26+,35-33+/t47-/m0/s1. The number of esters is 2. The first-order chi connectivity index (χ1) is 28.8. The third kappa shape index (κ3) is 45.3. The molecule has 0 amide bonds. The molecule has 9 nitrogen and oxygen atoms in total. The Balaban J connectivity index is 4.13. The number of nitrogens with two attached hydrogens (primary N) is 1. The van der Waals surface area contributed by atoms with Crippen LogP contribution in [0.1, 0.15) is 219 Å². The van der Waals surface area contributed by atoms with Gasteiger partial charge in [0, 0.05) is 19.4 Å². The molecule has 59 heavy (non-hydrogen) atoms. The predicted molar refractivity (Wildman–Crippen MR) is 247 cm³/mol. The number of carbonyl (C=O) groups is 2. The number of hydrogen-bond donors (Lipinski definition) is 2. The molecule has 0 aliphatic carbocycles. The lowest BCUT2D eigenvalue weighted by Gasteiger charge is -2.19. The van der Waals surface area contributed by atoms with Crippen molar-refractivity contribution in [2.75, 3.05) is 26.4 Å². The highest BCUT2D eigenvalue weighted by Gasteiger charge is 2.26. The summed E-state index contributed by atoms with van der Waals surface area (Å²) in [5.41, 5.74) is 5.35. The van der Waals surface area contributed by atoms with Gasteiger partial charge >= 0.3 is 19.8 Å². The molecule has 0 radical (unpaired) electrons. The molecule has 2 atom stereocenters. The fourth-order valence-electron chi connectivity index (χ4n) is 6.59. The van der Waals surface area contributed by atoms with Gasteiger partial charge in [-0.1, -0.05) is 184 Å². The quantitative estimate of drug-likeness (QED) is 0.0202. The Bertz CT molecular complexity index is 1110. The lowest BCUT2D eigenvalue weighted by molar-refractivity contribution is -0.161. The van der Waals surface area contributed by atoms with E-state index in [-0.39, 0.29) is 32.6 Å². The minimum Gasteiger partial charge on any atom is -0.462 e. The minimum absolute atomic E-state index is 0.0447. The van der Waals surface area contributed by atoms with E-state index in [4.69, 9.17) is 24.3 Å². The summed E-state index contributed by atoms with van der Waals surface area (Å²) in [6, 6.07) is 0. The zero-order chi connectivity index (χ0) is 43.2. The van der Waals surface area contributed by atoms with E-state index in [1.807, 2.05) is 0 Å². The van der Waals surface area contributed by atoms with Crippen molar-refractivity contribution >= 4 is 19.8 Å². The highest BCUT2D eigenvalue weighted by atomic mass is 31.2. The molecular weight excluding hydrogens is 762 g/mol.